The second-order valence-electron chi connectivity index (χ2n) is 6.37. The molecule has 1 aromatic rings. The van der Waals surface area contributed by atoms with Crippen LogP contribution in [-0.4, -0.2) is 44.7 Å². The molecule has 6 nitrogen and oxygen atoms in total. The van der Waals surface area contributed by atoms with Gasteiger partial charge in [0.05, 0.1) is 6.04 Å². The first-order valence-corrected chi connectivity index (χ1v) is 7.84. The van der Waals surface area contributed by atoms with Gasteiger partial charge in [-0.05, 0) is 52.6 Å². The summed E-state index contributed by atoms with van der Waals surface area (Å²) in [6.07, 6.45) is 4.50. The topological polar surface area (TPSA) is 63.1 Å². The fraction of sp³-hybridized carbons (Fsp3) is 0.800. The predicted octanol–water partition coefficient (Wildman–Crippen LogP) is 1.50. The van der Waals surface area contributed by atoms with Gasteiger partial charge in [-0.25, -0.2) is 0 Å². The number of likely N-dealkylation sites (tertiary alicyclic amines) is 1. The molecular formula is C15H27N5O. The van der Waals surface area contributed by atoms with Crippen LogP contribution in [0.5, 0.6) is 0 Å². The lowest BCUT2D eigenvalue weighted by Crippen LogP contribution is -2.40. The highest BCUT2D eigenvalue weighted by molar-refractivity contribution is 5.76. The van der Waals surface area contributed by atoms with Crippen LogP contribution in [0.25, 0.3) is 0 Å². The Bertz CT molecular complexity index is 462. The van der Waals surface area contributed by atoms with Crippen molar-refractivity contribution in [2.24, 2.45) is 13.0 Å². The molecule has 0 spiro atoms. The van der Waals surface area contributed by atoms with Gasteiger partial charge >= 0.3 is 0 Å². The van der Waals surface area contributed by atoms with Crippen LogP contribution in [0.15, 0.2) is 6.33 Å². The second kappa shape index (κ2) is 7.02. The van der Waals surface area contributed by atoms with Gasteiger partial charge < -0.3 is 14.8 Å². The third-order valence-corrected chi connectivity index (χ3v) is 4.36. The summed E-state index contributed by atoms with van der Waals surface area (Å²) in [6.45, 7) is 8.62. The number of piperidine rings is 1. The van der Waals surface area contributed by atoms with Crippen LogP contribution in [0.2, 0.25) is 0 Å². The Morgan fingerprint density at radius 1 is 1.38 bits per heavy atom. The molecule has 1 N–H and O–H groups in total. The number of amides is 1. The highest BCUT2D eigenvalue weighted by Crippen LogP contribution is 2.22. The van der Waals surface area contributed by atoms with Crippen molar-refractivity contribution in [2.75, 3.05) is 13.1 Å². The summed E-state index contributed by atoms with van der Waals surface area (Å²) < 4.78 is 1.84. The Hall–Kier alpha value is -1.43. The molecule has 0 radical (unpaired) electrons. The molecule has 1 atom stereocenters. The van der Waals surface area contributed by atoms with Gasteiger partial charge in [-0.2, -0.15) is 0 Å². The predicted molar refractivity (Wildman–Crippen MR) is 81.6 cm³/mol. The Morgan fingerprint density at radius 2 is 2.05 bits per heavy atom. The lowest BCUT2D eigenvalue weighted by atomic mass is 9.92. The van der Waals surface area contributed by atoms with Crippen molar-refractivity contribution in [1.29, 1.82) is 0 Å². The quantitative estimate of drug-likeness (QED) is 0.893. The van der Waals surface area contributed by atoms with Crippen molar-refractivity contribution in [2.45, 2.75) is 52.1 Å². The first-order valence-electron chi connectivity index (χ1n) is 7.84. The summed E-state index contributed by atoms with van der Waals surface area (Å²) in [7, 11) is 1.89. The summed E-state index contributed by atoms with van der Waals surface area (Å²) in [5.41, 5.74) is 0. The number of carbonyl (C=O) groups is 1. The molecular weight excluding hydrogens is 266 g/mol. The van der Waals surface area contributed by atoms with Crippen molar-refractivity contribution in [3.8, 4) is 0 Å². The van der Waals surface area contributed by atoms with Crippen LogP contribution in [0, 0.1) is 5.92 Å². The number of aromatic nitrogens is 3. The summed E-state index contributed by atoms with van der Waals surface area (Å²) in [4.78, 5) is 14.6. The zero-order valence-corrected chi connectivity index (χ0v) is 13.5. The van der Waals surface area contributed by atoms with Gasteiger partial charge in [0.15, 0.2) is 5.82 Å². The number of hydrogen-bond donors (Lipinski definition) is 1. The van der Waals surface area contributed by atoms with Gasteiger partial charge in [0, 0.05) is 19.5 Å². The second-order valence-corrected chi connectivity index (χ2v) is 6.37. The van der Waals surface area contributed by atoms with E-state index in [1.807, 2.05) is 18.5 Å². The standard InChI is InChI=1S/C15H27N5O/c1-11(2)20-7-5-13(6-8-20)9-14(21)17-12(3)15-18-16-10-19(15)4/h10-13H,5-9H2,1-4H3,(H,17,21)/t12-/m0/s1. The molecule has 1 aliphatic heterocycles. The summed E-state index contributed by atoms with van der Waals surface area (Å²) in [6, 6.07) is 0.511. The third kappa shape index (κ3) is 4.27. The third-order valence-electron chi connectivity index (χ3n) is 4.36. The van der Waals surface area contributed by atoms with Crippen molar-refractivity contribution >= 4 is 5.91 Å². The van der Waals surface area contributed by atoms with Crippen LogP contribution in [0.1, 0.15) is 51.9 Å². The Morgan fingerprint density at radius 3 is 2.57 bits per heavy atom. The van der Waals surface area contributed by atoms with Crippen molar-refractivity contribution in [3.63, 3.8) is 0 Å². The minimum absolute atomic E-state index is 0.0965. The fourth-order valence-electron chi connectivity index (χ4n) is 2.98. The fourth-order valence-corrected chi connectivity index (χ4v) is 2.98. The molecule has 2 heterocycles. The number of carbonyl (C=O) groups excluding carboxylic acids is 1. The molecule has 0 saturated carbocycles. The monoisotopic (exact) mass is 293 g/mol. The molecule has 0 aliphatic carbocycles. The SMILES string of the molecule is CC(C)N1CCC(CC(=O)N[C@@H](C)c2nncn2C)CC1. The molecule has 118 valence electrons. The lowest BCUT2D eigenvalue weighted by Gasteiger charge is -2.34. The van der Waals surface area contributed by atoms with Crippen LogP contribution < -0.4 is 5.32 Å². The zero-order chi connectivity index (χ0) is 15.4. The van der Waals surface area contributed by atoms with Crippen molar-refractivity contribution in [3.05, 3.63) is 12.2 Å². The van der Waals surface area contributed by atoms with Crippen LogP contribution in [-0.2, 0) is 11.8 Å². The molecule has 1 saturated heterocycles. The van der Waals surface area contributed by atoms with Crippen molar-refractivity contribution in [1.82, 2.24) is 25.0 Å². The summed E-state index contributed by atoms with van der Waals surface area (Å²) in [5.74, 6) is 1.41. The molecule has 1 fully saturated rings. The Kier molecular flexibility index (Phi) is 5.33. The first kappa shape index (κ1) is 15.9. The van der Waals surface area contributed by atoms with Gasteiger partial charge in [-0.1, -0.05) is 0 Å². The average Bonchev–Trinajstić information content (AvgIpc) is 2.85. The van der Waals surface area contributed by atoms with Crippen LogP contribution in [0.4, 0.5) is 0 Å². The maximum atomic E-state index is 12.2. The maximum absolute atomic E-state index is 12.2. The molecule has 6 heteroatoms. The minimum Gasteiger partial charge on any atom is -0.346 e. The van der Waals surface area contributed by atoms with Gasteiger partial charge in [0.2, 0.25) is 5.91 Å². The van der Waals surface area contributed by atoms with Crippen LogP contribution in [0.3, 0.4) is 0 Å². The number of hydrogen-bond acceptors (Lipinski definition) is 4. The smallest absolute Gasteiger partial charge is 0.220 e. The molecule has 1 aliphatic rings. The van der Waals surface area contributed by atoms with E-state index < -0.39 is 0 Å². The molecule has 1 aromatic heterocycles. The highest BCUT2D eigenvalue weighted by Gasteiger charge is 2.23. The molecule has 0 unspecified atom stereocenters. The van der Waals surface area contributed by atoms with Crippen LogP contribution >= 0.6 is 0 Å². The highest BCUT2D eigenvalue weighted by atomic mass is 16.1. The minimum atomic E-state index is -0.0965. The lowest BCUT2D eigenvalue weighted by molar-refractivity contribution is -0.123. The summed E-state index contributed by atoms with van der Waals surface area (Å²) >= 11 is 0. The largest absolute Gasteiger partial charge is 0.346 e. The molecule has 1 amide bonds. The number of nitrogens with zero attached hydrogens (tertiary/aromatic N) is 4. The van der Waals surface area contributed by atoms with Gasteiger partial charge in [0.1, 0.15) is 6.33 Å². The average molecular weight is 293 g/mol. The molecule has 0 aromatic carbocycles. The molecule has 0 bridgehead atoms. The van der Waals surface area contributed by atoms with E-state index in [2.05, 4.69) is 34.3 Å². The number of nitrogens with one attached hydrogen (secondary N) is 1. The van der Waals surface area contributed by atoms with Gasteiger partial charge in [0.25, 0.3) is 0 Å². The van der Waals surface area contributed by atoms with Crippen molar-refractivity contribution < 1.29 is 4.79 Å². The normalized spacial score (nSPS) is 18.9. The van der Waals surface area contributed by atoms with Gasteiger partial charge in [-0.15, -0.1) is 10.2 Å². The van der Waals surface area contributed by atoms with E-state index in [-0.39, 0.29) is 11.9 Å². The number of rotatable bonds is 5. The Labute approximate surface area is 126 Å². The van der Waals surface area contributed by atoms with E-state index in [1.54, 1.807) is 6.33 Å². The zero-order valence-electron chi connectivity index (χ0n) is 13.5. The number of aryl methyl sites for hydroxylation is 1. The van der Waals surface area contributed by atoms with Gasteiger partial charge in [-0.3, -0.25) is 4.79 Å². The molecule has 21 heavy (non-hydrogen) atoms. The van der Waals surface area contributed by atoms with E-state index in [0.29, 0.717) is 18.4 Å². The first-order chi connectivity index (χ1) is 9.97. The van der Waals surface area contributed by atoms with E-state index in [0.717, 1.165) is 31.8 Å². The van der Waals surface area contributed by atoms with E-state index >= 15 is 0 Å². The van der Waals surface area contributed by atoms with E-state index in [4.69, 9.17) is 0 Å². The Balaban J connectivity index is 1.77. The summed E-state index contributed by atoms with van der Waals surface area (Å²) in [5, 5.41) is 10.9. The van der Waals surface area contributed by atoms with E-state index in [9.17, 15) is 4.79 Å². The maximum Gasteiger partial charge on any atom is 0.220 e. The van der Waals surface area contributed by atoms with E-state index in [1.165, 1.54) is 0 Å². The molecule has 2 rings (SSSR count).